The van der Waals surface area contributed by atoms with Gasteiger partial charge in [0, 0.05) is 48.3 Å². The third-order valence-electron chi connectivity index (χ3n) is 9.30. The molecule has 4 atom stereocenters. The molecule has 0 spiro atoms. The predicted molar refractivity (Wildman–Crippen MR) is 188 cm³/mol. The first kappa shape index (κ1) is 34.4. The molecule has 0 radical (unpaired) electrons. The van der Waals surface area contributed by atoms with Crippen LogP contribution in [0.3, 0.4) is 0 Å². The van der Waals surface area contributed by atoms with Crippen molar-refractivity contribution in [1.29, 1.82) is 0 Å². The Morgan fingerprint density at radius 1 is 0.510 bits per heavy atom. The molecule has 49 heavy (non-hydrogen) atoms. The lowest BCUT2D eigenvalue weighted by atomic mass is 10.00. The second-order valence-electron chi connectivity index (χ2n) is 13.2. The highest BCUT2D eigenvalue weighted by molar-refractivity contribution is 7.99. The molecule has 0 aliphatic carbocycles. The van der Waals surface area contributed by atoms with Crippen molar-refractivity contribution in [3.63, 3.8) is 0 Å². The van der Waals surface area contributed by atoms with Crippen LogP contribution in [0.5, 0.6) is 23.0 Å². The maximum atomic E-state index is 13.9. The van der Waals surface area contributed by atoms with E-state index in [0.29, 0.717) is 60.9 Å². The summed E-state index contributed by atoms with van der Waals surface area (Å²) in [5.74, 6) is 3.79. The van der Waals surface area contributed by atoms with E-state index in [4.69, 9.17) is 37.9 Å². The fourth-order valence-electron chi connectivity index (χ4n) is 6.62. The summed E-state index contributed by atoms with van der Waals surface area (Å²) in [6.45, 7) is 2.76. The second kappa shape index (κ2) is 17.3. The molecule has 5 aliphatic heterocycles. The van der Waals surface area contributed by atoms with Gasteiger partial charge in [-0.05, 0) is 98.9 Å². The van der Waals surface area contributed by atoms with Crippen LogP contribution < -0.4 is 18.9 Å². The fourth-order valence-corrected chi connectivity index (χ4v) is 7.59. The van der Waals surface area contributed by atoms with E-state index in [1.807, 2.05) is 48.6 Å². The molecule has 0 bridgehead atoms. The van der Waals surface area contributed by atoms with Crippen molar-refractivity contribution in [2.45, 2.75) is 102 Å². The van der Waals surface area contributed by atoms with Gasteiger partial charge in [0.25, 0.3) is 0 Å². The molecule has 5 aliphatic rings. The van der Waals surface area contributed by atoms with Crippen LogP contribution >= 0.6 is 11.8 Å². The Balaban J connectivity index is 1.10. The van der Waals surface area contributed by atoms with Crippen LogP contribution in [0.1, 0.15) is 88.2 Å². The highest BCUT2D eigenvalue weighted by atomic mass is 32.2. The SMILES string of the molecule is O=C1/C(=C/c2ccc(OC3CCCCO3)c(OC3CCCCO3)c2)CSC/C1=C\c1ccc(OC2CCCCO2)c(OC2CCCCO2)c1. The first-order valence-corrected chi connectivity index (χ1v) is 19.3. The summed E-state index contributed by atoms with van der Waals surface area (Å²) in [4.78, 5) is 13.9. The summed E-state index contributed by atoms with van der Waals surface area (Å²) < 4.78 is 48.6. The van der Waals surface area contributed by atoms with E-state index < -0.39 is 0 Å². The number of ether oxygens (including phenoxy) is 8. The Morgan fingerprint density at radius 3 is 1.22 bits per heavy atom. The zero-order valence-corrected chi connectivity index (χ0v) is 29.1. The van der Waals surface area contributed by atoms with Crippen LogP contribution in [0.25, 0.3) is 12.2 Å². The Morgan fingerprint density at radius 2 is 0.878 bits per heavy atom. The number of thioether (sulfide) groups is 1. The van der Waals surface area contributed by atoms with Crippen molar-refractivity contribution in [3.05, 3.63) is 58.7 Å². The van der Waals surface area contributed by atoms with Crippen LogP contribution in [-0.4, -0.2) is 68.9 Å². The van der Waals surface area contributed by atoms with E-state index in [1.54, 1.807) is 11.8 Å². The Kier molecular flexibility index (Phi) is 12.1. The summed E-state index contributed by atoms with van der Waals surface area (Å²) in [5.41, 5.74) is 3.24. The van der Waals surface area contributed by atoms with Crippen LogP contribution in [0, 0.1) is 0 Å². The molecule has 0 saturated carbocycles. The molecule has 4 unspecified atom stereocenters. The smallest absolute Gasteiger partial charge is 0.200 e. The van der Waals surface area contributed by atoms with Crippen LogP contribution in [-0.2, 0) is 23.7 Å². The number of carbonyl (C=O) groups excluding carboxylic acids is 1. The number of Topliss-reactive ketones (excluding diaryl/α,β-unsaturated/α-hetero) is 1. The van der Waals surface area contributed by atoms with Gasteiger partial charge in [0.15, 0.2) is 53.9 Å². The molecule has 5 heterocycles. The molecule has 0 N–H and O–H groups in total. The first-order chi connectivity index (χ1) is 24.2. The molecule has 2 aromatic rings. The van der Waals surface area contributed by atoms with Gasteiger partial charge < -0.3 is 37.9 Å². The zero-order valence-electron chi connectivity index (χ0n) is 28.2. The Bertz CT molecular complexity index is 1360. The van der Waals surface area contributed by atoms with E-state index in [2.05, 4.69) is 0 Å². The minimum Gasteiger partial charge on any atom is -0.461 e. The molecule has 0 aromatic heterocycles. The highest BCUT2D eigenvalue weighted by Gasteiger charge is 2.25. The van der Waals surface area contributed by atoms with E-state index in [1.165, 1.54) is 0 Å². The third kappa shape index (κ3) is 9.61. The summed E-state index contributed by atoms with van der Waals surface area (Å²) in [6.07, 6.45) is 14.5. The number of rotatable bonds is 10. The molecule has 264 valence electrons. The monoisotopic (exact) mass is 692 g/mol. The van der Waals surface area contributed by atoms with Gasteiger partial charge >= 0.3 is 0 Å². The normalized spacial score (nSPS) is 28.3. The van der Waals surface area contributed by atoms with Crippen LogP contribution in [0.15, 0.2) is 47.5 Å². The summed E-state index contributed by atoms with van der Waals surface area (Å²) >= 11 is 1.73. The Hall–Kier alpha value is -3.02. The highest BCUT2D eigenvalue weighted by Crippen LogP contribution is 2.37. The van der Waals surface area contributed by atoms with Gasteiger partial charge in [0.2, 0.25) is 0 Å². The molecule has 7 rings (SSSR count). The lowest BCUT2D eigenvalue weighted by Crippen LogP contribution is -2.27. The van der Waals surface area contributed by atoms with Crippen molar-refractivity contribution < 1.29 is 42.7 Å². The van der Waals surface area contributed by atoms with Crippen LogP contribution in [0.4, 0.5) is 0 Å². The maximum Gasteiger partial charge on any atom is 0.200 e. The van der Waals surface area contributed by atoms with Gasteiger partial charge in [0.1, 0.15) is 0 Å². The second-order valence-corrected chi connectivity index (χ2v) is 14.2. The van der Waals surface area contributed by atoms with Crippen molar-refractivity contribution in [2.24, 2.45) is 0 Å². The molecular weight excluding hydrogens is 644 g/mol. The van der Waals surface area contributed by atoms with Crippen LogP contribution in [0.2, 0.25) is 0 Å². The van der Waals surface area contributed by atoms with Crippen molar-refractivity contribution in [2.75, 3.05) is 37.9 Å². The minimum atomic E-state index is -0.321. The van der Waals surface area contributed by atoms with E-state index >= 15 is 0 Å². The van der Waals surface area contributed by atoms with Gasteiger partial charge in [0.05, 0.1) is 26.4 Å². The summed E-state index contributed by atoms with van der Waals surface area (Å²) in [6, 6.07) is 11.7. The predicted octanol–water partition coefficient (Wildman–Crippen LogP) is 8.09. The fraction of sp³-hybridized carbons (Fsp3) is 0.564. The molecule has 5 fully saturated rings. The molecule has 0 amide bonds. The number of hydrogen-bond donors (Lipinski definition) is 0. The molecular formula is C39H48O9S. The van der Waals surface area contributed by atoms with Gasteiger partial charge in [-0.1, -0.05) is 12.1 Å². The summed E-state index contributed by atoms with van der Waals surface area (Å²) in [7, 11) is 0. The number of ketones is 1. The molecule has 9 nitrogen and oxygen atoms in total. The number of hydrogen-bond acceptors (Lipinski definition) is 10. The van der Waals surface area contributed by atoms with E-state index in [-0.39, 0.29) is 30.9 Å². The standard InChI is InChI=1S/C39H48O9S/c40-39-29(21-27-13-15-31(45-35-9-1-5-17-41-35)33(23-27)47-37-11-3-7-19-43-37)25-49-26-30(39)22-28-14-16-32(46-36-10-2-6-18-42-36)34(24-28)48-38-12-4-8-20-44-38/h13-16,21-24,35-38H,1-12,17-20,25-26H2/b29-21+,30-22+. The lowest BCUT2D eigenvalue weighted by Gasteiger charge is -2.27. The van der Waals surface area contributed by atoms with Crippen molar-refractivity contribution in [1.82, 2.24) is 0 Å². The van der Waals surface area contributed by atoms with Gasteiger partial charge in [-0.2, -0.15) is 11.8 Å². The number of benzene rings is 2. The first-order valence-electron chi connectivity index (χ1n) is 18.1. The number of carbonyl (C=O) groups is 1. The largest absolute Gasteiger partial charge is 0.461 e. The average molecular weight is 693 g/mol. The van der Waals surface area contributed by atoms with Crippen molar-refractivity contribution in [3.8, 4) is 23.0 Å². The quantitative estimate of drug-likeness (QED) is 0.228. The third-order valence-corrected chi connectivity index (χ3v) is 10.3. The van der Waals surface area contributed by atoms with E-state index in [0.717, 1.165) is 99.3 Å². The molecule has 2 aromatic carbocycles. The minimum absolute atomic E-state index is 0.0433. The Labute approximate surface area is 293 Å². The molecule has 10 heteroatoms. The molecule has 5 saturated heterocycles. The van der Waals surface area contributed by atoms with Gasteiger partial charge in [-0.3, -0.25) is 4.79 Å². The maximum absolute atomic E-state index is 13.9. The van der Waals surface area contributed by atoms with Crippen molar-refractivity contribution >= 4 is 29.7 Å². The zero-order chi connectivity index (χ0) is 33.3. The van der Waals surface area contributed by atoms with Gasteiger partial charge in [-0.25, -0.2) is 0 Å². The van der Waals surface area contributed by atoms with Gasteiger partial charge in [-0.15, -0.1) is 0 Å². The topological polar surface area (TPSA) is 90.9 Å². The van der Waals surface area contributed by atoms with E-state index in [9.17, 15) is 4.79 Å². The lowest BCUT2D eigenvalue weighted by molar-refractivity contribution is -0.119. The average Bonchev–Trinajstić information content (AvgIpc) is 3.14. The summed E-state index contributed by atoms with van der Waals surface area (Å²) in [5, 5.41) is 0.